The SMILES string of the molecule is Cc1nnc(-c2cc(CCC(C)C)n(-c3cccc(C(=O)NC4CCC(C)CC4)c3)n2)o1. The molecular weight excluding hydrogens is 402 g/mol. The van der Waals surface area contributed by atoms with Crippen LogP contribution in [0.3, 0.4) is 0 Å². The maximum absolute atomic E-state index is 12.9. The predicted octanol–water partition coefficient (Wildman–Crippen LogP) is 5.13. The van der Waals surface area contributed by atoms with E-state index in [4.69, 9.17) is 9.52 Å². The lowest BCUT2D eigenvalue weighted by atomic mass is 9.87. The normalized spacial score (nSPS) is 18.8. The lowest BCUT2D eigenvalue weighted by Crippen LogP contribution is -2.37. The molecule has 0 aliphatic heterocycles. The minimum absolute atomic E-state index is 0.0185. The largest absolute Gasteiger partial charge is 0.420 e. The molecule has 1 saturated carbocycles. The van der Waals surface area contributed by atoms with Crippen molar-refractivity contribution in [1.29, 1.82) is 0 Å². The van der Waals surface area contributed by atoms with E-state index in [0.717, 1.165) is 43.0 Å². The molecule has 0 spiro atoms. The van der Waals surface area contributed by atoms with E-state index in [2.05, 4.69) is 36.3 Å². The Labute approximate surface area is 189 Å². The summed E-state index contributed by atoms with van der Waals surface area (Å²) in [4.78, 5) is 12.9. The lowest BCUT2D eigenvalue weighted by molar-refractivity contribution is 0.0923. The molecule has 2 aromatic heterocycles. The summed E-state index contributed by atoms with van der Waals surface area (Å²) in [5.74, 6) is 2.23. The summed E-state index contributed by atoms with van der Waals surface area (Å²) in [6, 6.07) is 9.94. The van der Waals surface area contributed by atoms with E-state index in [9.17, 15) is 4.79 Å². The number of carbonyl (C=O) groups excluding carboxylic acids is 1. The average Bonchev–Trinajstić information content (AvgIpc) is 3.40. The zero-order chi connectivity index (χ0) is 22.7. The highest BCUT2D eigenvalue weighted by Gasteiger charge is 2.21. The Morgan fingerprint density at radius 3 is 2.66 bits per heavy atom. The maximum atomic E-state index is 12.9. The molecule has 170 valence electrons. The van der Waals surface area contributed by atoms with Gasteiger partial charge in [0.25, 0.3) is 11.8 Å². The number of aromatic nitrogens is 4. The van der Waals surface area contributed by atoms with Crippen molar-refractivity contribution in [2.45, 2.75) is 72.3 Å². The Kier molecular flexibility index (Phi) is 6.72. The second-order valence-electron chi connectivity index (χ2n) is 9.47. The topological polar surface area (TPSA) is 85.8 Å². The zero-order valence-corrected chi connectivity index (χ0v) is 19.5. The zero-order valence-electron chi connectivity index (χ0n) is 19.5. The van der Waals surface area contributed by atoms with Crippen molar-refractivity contribution in [2.75, 3.05) is 0 Å². The Morgan fingerprint density at radius 1 is 1.19 bits per heavy atom. The highest BCUT2D eigenvalue weighted by atomic mass is 16.4. The van der Waals surface area contributed by atoms with Crippen molar-refractivity contribution >= 4 is 5.91 Å². The predicted molar refractivity (Wildman–Crippen MR) is 124 cm³/mol. The molecule has 7 heteroatoms. The highest BCUT2D eigenvalue weighted by Crippen LogP contribution is 2.25. The molecule has 1 aromatic carbocycles. The summed E-state index contributed by atoms with van der Waals surface area (Å²) < 4.78 is 7.49. The van der Waals surface area contributed by atoms with Crippen LogP contribution in [0.1, 0.15) is 74.8 Å². The first-order chi connectivity index (χ1) is 15.4. The van der Waals surface area contributed by atoms with Crippen molar-refractivity contribution in [1.82, 2.24) is 25.3 Å². The van der Waals surface area contributed by atoms with Gasteiger partial charge in [0.1, 0.15) is 5.69 Å². The second-order valence-corrected chi connectivity index (χ2v) is 9.47. The van der Waals surface area contributed by atoms with Crippen LogP contribution < -0.4 is 5.32 Å². The molecule has 32 heavy (non-hydrogen) atoms. The Bertz CT molecular complexity index is 1060. The molecule has 1 aliphatic carbocycles. The molecule has 3 aromatic rings. The third-order valence-corrected chi connectivity index (χ3v) is 6.21. The van der Waals surface area contributed by atoms with Crippen LogP contribution in [0, 0.1) is 18.8 Å². The van der Waals surface area contributed by atoms with Crippen LogP contribution in [0.25, 0.3) is 17.3 Å². The van der Waals surface area contributed by atoms with E-state index >= 15 is 0 Å². The number of nitrogens with one attached hydrogen (secondary N) is 1. The van der Waals surface area contributed by atoms with Gasteiger partial charge >= 0.3 is 0 Å². The van der Waals surface area contributed by atoms with Gasteiger partial charge in [0, 0.05) is 24.2 Å². The van der Waals surface area contributed by atoms with Crippen LogP contribution in [-0.2, 0) is 6.42 Å². The maximum Gasteiger partial charge on any atom is 0.268 e. The van der Waals surface area contributed by atoms with Gasteiger partial charge in [-0.15, -0.1) is 10.2 Å². The van der Waals surface area contributed by atoms with E-state index in [-0.39, 0.29) is 11.9 Å². The fourth-order valence-electron chi connectivity index (χ4n) is 4.21. The summed E-state index contributed by atoms with van der Waals surface area (Å²) in [5.41, 5.74) is 3.22. The van der Waals surface area contributed by atoms with Crippen LogP contribution >= 0.6 is 0 Å². The Balaban J connectivity index is 1.59. The summed E-state index contributed by atoms with van der Waals surface area (Å²) >= 11 is 0. The Hall–Kier alpha value is -2.96. The third kappa shape index (κ3) is 5.26. The molecule has 0 radical (unpaired) electrons. The molecule has 2 heterocycles. The number of nitrogens with zero attached hydrogens (tertiary/aromatic N) is 4. The molecule has 1 fully saturated rings. The van der Waals surface area contributed by atoms with E-state index in [1.54, 1.807) is 6.92 Å². The summed E-state index contributed by atoms with van der Waals surface area (Å²) in [5, 5.41) is 16.0. The fourth-order valence-corrected chi connectivity index (χ4v) is 4.21. The average molecular weight is 436 g/mol. The van der Waals surface area contributed by atoms with Crippen LogP contribution in [-0.4, -0.2) is 31.9 Å². The quantitative estimate of drug-likeness (QED) is 0.556. The van der Waals surface area contributed by atoms with Gasteiger partial charge in [-0.3, -0.25) is 4.79 Å². The van der Waals surface area contributed by atoms with Crippen LogP contribution in [0.4, 0.5) is 0 Å². The molecule has 1 amide bonds. The summed E-state index contributed by atoms with van der Waals surface area (Å²) in [6.45, 7) is 8.47. The fraction of sp³-hybridized carbons (Fsp3) is 0.520. The van der Waals surface area contributed by atoms with Gasteiger partial charge in [0.15, 0.2) is 0 Å². The number of carbonyl (C=O) groups is 1. The molecule has 4 rings (SSSR count). The van der Waals surface area contributed by atoms with Gasteiger partial charge in [-0.05, 0) is 74.6 Å². The number of rotatable bonds is 7. The van der Waals surface area contributed by atoms with E-state index in [1.807, 2.05) is 35.0 Å². The van der Waals surface area contributed by atoms with Crippen molar-refractivity contribution < 1.29 is 9.21 Å². The minimum atomic E-state index is -0.0185. The van der Waals surface area contributed by atoms with Crippen molar-refractivity contribution in [3.05, 3.63) is 47.5 Å². The molecule has 0 unspecified atom stereocenters. The first kappa shape index (κ1) is 22.2. The summed E-state index contributed by atoms with van der Waals surface area (Å²) in [6.07, 6.45) is 6.36. The highest BCUT2D eigenvalue weighted by molar-refractivity contribution is 5.94. The number of aryl methyl sites for hydroxylation is 2. The van der Waals surface area contributed by atoms with Crippen LogP contribution in [0.5, 0.6) is 0 Å². The molecular formula is C25H33N5O2. The summed E-state index contributed by atoms with van der Waals surface area (Å²) in [7, 11) is 0. The van der Waals surface area contributed by atoms with Gasteiger partial charge < -0.3 is 9.73 Å². The van der Waals surface area contributed by atoms with Crippen molar-refractivity contribution in [3.8, 4) is 17.3 Å². The van der Waals surface area contributed by atoms with Gasteiger partial charge in [0.2, 0.25) is 5.89 Å². The van der Waals surface area contributed by atoms with Crippen molar-refractivity contribution in [3.63, 3.8) is 0 Å². The molecule has 1 N–H and O–H groups in total. The van der Waals surface area contributed by atoms with E-state index < -0.39 is 0 Å². The van der Waals surface area contributed by atoms with Gasteiger partial charge in [0.05, 0.1) is 5.69 Å². The first-order valence-corrected chi connectivity index (χ1v) is 11.7. The van der Waals surface area contributed by atoms with E-state index in [0.29, 0.717) is 29.0 Å². The van der Waals surface area contributed by atoms with Crippen LogP contribution in [0.2, 0.25) is 0 Å². The lowest BCUT2D eigenvalue weighted by Gasteiger charge is -2.27. The monoisotopic (exact) mass is 435 g/mol. The first-order valence-electron chi connectivity index (χ1n) is 11.7. The van der Waals surface area contributed by atoms with Gasteiger partial charge in [-0.1, -0.05) is 26.8 Å². The number of amides is 1. The molecule has 1 aliphatic rings. The number of hydrogen-bond donors (Lipinski definition) is 1. The number of benzene rings is 1. The van der Waals surface area contributed by atoms with Crippen molar-refractivity contribution in [2.24, 2.45) is 11.8 Å². The number of hydrogen-bond acceptors (Lipinski definition) is 5. The van der Waals surface area contributed by atoms with Gasteiger partial charge in [-0.2, -0.15) is 5.10 Å². The second kappa shape index (κ2) is 9.67. The smallest absolute Gasteiger partial charge is 0.268 e. The van der Waals surface area contributed by atoms with Gasteiger partial charge in [-0.25, -0.2) is 4.68 Å². The third-order valence-electron chi connectivity index (χ3n) is 6.21. The minimum Gasteiger partial charge on any atom is -0.420 e. The molecule has 0 atom stereocenters. The Morgan fingerprint density at radius 2 is 1.97 bits per heavy atom. The molecule has 7 nitrogen and oxygen atoms in total. The van der Waals surface area contributed by atoms with E-state index in [1.165, 1.54) is 12.8 Å². The molecule has 0 saturated heterocycles. The standard InChI is InChI=1S/C25H33N5O2/c1-16(2)8-13-22-15-23(25-28-27-18(4)32-25)29-30(22)21-7-5-6-19(14-21)24(31)26-20-11-9-17(3)10-12-20/h5-7,14-17,20H,8-13H2,1-4H3,(H,26,31). The van der Waals surface area contributed by atoms with Crippen LogP contribution in [0.15, 0.2) is 34.7 Å². The molecule has 0 bridgehead atoms.